The van der Waals surface area contributed by atoms with Crippen molar-refractivity contribution in [3.8, 4) is 0 Å². The average molecular weight is 326 g/mol. The number of hydrogen-bond donors (Lipinski definition) is 1. The summed E-state index contributed by atoms with van der Waals surface area (Å²) in [6, 6.07) is 12.5. The van der Waals surface area contributed by atoms with Gasteiger partial charge in [0.25, 0.3) is 0 Å². The first-order valence-electron chi connectivity index (χ1n) is 6.45. The highest BCUT2D eigenvalue weighted by atomic mass is 35.5. The Labute approximate surface area is 131 Å². The fourth-order valence-corrected chi connectivity index (χ4v) is 2.83. The molecule has 0 spiro atoms. The third kappa shape index (κ3) is 5.55. The Kier molecular flexibility index (Phi) is 6.32. The van der Waals surface area contributed by atoms with Gasteiger partial charge in [-0.25, -0.2) is 4.98 Å². The Hall–Kier alpha value is -1.27. The van der Waals surface area contributed by atoms with Crippen molar-refractivity contribution in [1.82, 2.24) is 4.98 Å². The molecule has 6 heteroatoms. The van der Waals surface area contributed by atoms with E-state index in [1.54, 1.807) is 36.5 Å². The predicted octanol–water partition coefficient (Wildman–Crippen LogP) is 2.42. The van der Waals surface area contributed by atoms with Crippen molar-refractivity contribution in [2.24, 2.45) is 0 Å². The summed E-state index contributed by atoms with van der Waals surface area (Å²) in [5.41, 5.74) is 0.970. The first kappa shape index (κ1) is 16.1. The number of nitrogens with zero attached hydrogens (tertiary/aromatic N) is 1. The molecule has 1 aromatic carbocycles. The molecule has 0 bridgehead atoms. The molecule has 2 aromatic rings. The molecular formula is C15H16ClNO3S. The summed E-state index contributed by atoms with van der Waals surface area (Å²) in [4.78, 5) is 4.00. The summed E-state index contributed by atoms with van der Waals surface area (Å²) in [6.45, 7) is 0.506. The molecule has 0 unspecified atom stereocenters. The molecule has 0 saturated heterocycles. The number of rotatable bonds is 7. The van der Waals surface area contributed by atoms with Crippen LogP contribution in [0.1, 0.15) is 5.56 Å². The Bertz CT molecular complexity index is 577. The highest BCUT2D eigenvalue weighted by molar-refractivity contribution is 7.85. The van der Waals surface area contributed by atoms with E-state index in [9.17, 15) is 9.32 Å². The zero-order chi connectivity index (χ0) is 15.1. The quantitative estimate of drug-likeness (QED) is 0.849. The predicted molar refractivity (Wildman–Crippen MR) is 82.6 cm³/mol. The molecule has 112 valence electrons. The lowest BCUT2D eigenvalue weighted by Crippen LogP contribution is -2.23. The fourth-order valence-electron chi connectivity index (χ4n) is 1.68. The van der Waals surface area contributed by atoms with Crippen LogP contribution in [0.15, 0.2) is 53.7 Å². The van der Waals surface area contributed by atoms with E-state index in [4.69, 9.17) is 16.3 Å². The van der Waals surface area contributed by atoms with Gasteiger partial charge >= 0.3 is 0 Å². The number of aliphatic hydroxyl groups excluding tert-OH is 1. The Morgan fingerprint density at radius 3 is 2.67 bits per heavy atom. The van der Waals surface area contributed by atoms with Crippen molar-refractivity contribution in [1.29, 1.82) is 0 Å². The normalized spacial score (nSPS) is 13.8. The second-order valence-electron chi connectivity index (χ2n) is 4.48. The molecule has 1 aromatic heterocycles. The zero-order valence-electron chi connectivity index (χ0n) is 11.3. The van der Waals surface area contributed by atoms with Gasteiger partial charge in [0.2, 0.25) is 0 Å². The number of pyridine rings is 1. The summed E-state index contributed by atoms with van der Waals surface area (Å²) in [7, 11) is -1.32. The highest BCUT2D eigenvalue weighted by Crippen LogP contribution is 2.10. The first-order valence-corrected chi connectivity index (χ1v) is 8.14. The van der Waals surface area contributed by atoms with E-state index in [1.165, 1.54) is 0 Å². The van der Waals surface area contributed by atoms with Crippen LogP contribution in [-0.2, 0) is 22.1 Å². The van der Waals surface area contributed by atoms with Gasteiger partial charge in [-0.15, -0.1) is 0 Å². The topological polar surface area (TPSA) is 59.4 Å². The number of aromatic nitrogens is 1. The second-order valence-corrected chi connectivity index (χ2v) is 6.35. The molecule has 0 radical (unpaired) electrons. The van der Waals surface area contributed by atoms with Gasteiger partial charge in [0, 0.05) is 11.2 Å². The maximum atomic E-state index is 11.9. The van der Waals surface area contributed by atoms with Crippen LogP contribution in [0.3, 0.4) is 0 Å². The number of hydrogen-bond acceptors (Lipinski definition) is 4. The van der Waals surface area contributed by atoms with Gasteiger partial charge < -0.3 is 9.84 Å². The summed E-state index contributed by atoms with van der Waals surface area (Å²) in [5, 5.41) is 11.0. The number of halogens is 1. The SMILES string of the molecule is O=[S@@](C[C@H](O)COCc1ccc(Cl)cc1)c1ccccn1. The lowest BCUT2D eigenvalue weighted by atomic mass is 10.2. The summed E-state index contributed by atoms with van der Waals surface area (Å²) in [5.74, 6) is 0.109. The van der Waals surface area contributed by atoms with Gasteiger partial charge in [-0.3, -0.25) is 4.21 Å². The van der Waals surface area contributed by atoms with E-state index < -0.39 is 16.9 Å². The second kappa shape index (κ2) is 8.24. The van der Waals surface area contributed by atoms with Gasteiger partial charge in [-0.05, 0) is 29.8 Å². The minimum Gasteiger partial charge on any atom is -0.390 e. The molecule has 0 amide bonds. The van der Waals surface area contributed by atoms with Crippen molar-refractivity contribution < 1.29 is 14.1 Å². The van der Waals surface area contributed by atoms with E-state index in [-0.39, 0.29) is 12.4 Å². The van der Waals surface area contributed by atoms with Crippen LogP contribution >= 0.6 is 11.6 Å². The van der Waals surface area contributed by atoms with Crippen LogP contribution in [0, 0.1) is 0 Å². The summed E-state index contributed by atoms with van der Waals surface area (Å²) >= 11 is 5.79. The van der Waals surface area contributed by atoms with Crippen LogP contribution in [0.4, 0.5) is 0 Å². The summed E-state index contributed by atoms with van der Waals surface area (Å²) in [6.07, 6.45) is 0.788. The van der Waals surface area contributed by atoms with E-state index in [2.05, 4.69) is 4.98 Å². The van der Waals surface area contributed by atoms with E-state index >= 15 is 0 Å². The van der Waals surface area contributed by atoms with Crippen LogP contribution in [0.25, 0.3) is 0 Å². The van der Waals surface area contributed by atoms with Crippen LogP contribution in [0.5, 0.6) is 0 Å². The standard InChI is InChI=1S/C15H16ClNO3S/c16-13-6-4-12(5-7-13)9-20-10-14(18)11-21(19)15-3-1-2-8-17-15/h1-8,14,18H,9-11H2/t14-,21+/m1/s1. The van der Waals surface area contributed by atoms with Gasteiger partial charge in [0.05, 0.1) is 35.9 Å². The number of ether oxygens (including phenoxy) is 1. The minimum absolute atomic E-state index is 0.109. The molecule has 0 aliphatic rings. The molecule has 4 nitrogen and oxygen atoms in total. The first-order chi connectivity index (χ1) is 10.1. The molecule has 2 atom stereocenters. The minimum atomic E-state index is -1.32. The lowest BCUT2D eigenvalue weighted by Gasteiger charge is -2.11. The largest absolute Gasteiger partial charge is 0.390 e. The van der Waals surface area contributed by atoms with Gasteiger partial charge in [-0.2, -0.15) is 0 Å². The number of aliphatic hydroxyl groups is 1. The van der Waals surface area contributed by atoms with Crippen molar-refractivity contribution in [3.63, 3.8) is 0 Å². The van der Waals surface area contributed by atoms with Crippen molar-refractivity contribution in [3.05, 3.63) is 59.2 Å². The molecule has 0 aliphatic carbocycles. The zero-order valence-corrected chi connectivity index (χ0v) is 12.9. The fraction of sp³-hybridized carbons (Fsp3) is 0.267. The molecule has 0 fully saturated rings. The number of benzene rings is 1. The van der Waals surface area contributed by atoms with Gasteiger partial charge in [0.1, 0.15) is 5.03 Å². The van der Waals surface area contributed by atoms with Crippen molar-refractivity contribution in [2.45, 2.75) is 17.7 Å². The van der Waals surface area contributed by atoms with E-state index in [1.807, 2.05) is 12.1 Å². The maximum Gasteiger partial charge on any atom is 0.127 e. The van der Waals surface area contributed by atoms with E-state index in [0.717, 1.165) is 5.56 Å². The molecule has 1 heterocycles. The molecule has 21 heavy (non-hydrogen) atoms. The van der Waals surface area contributed by atoms with Crippen LogP contribution < -0.4 is 0 Å². The van der Waals surface area contributed by atoms with Crippen LogP contribution in [-0.4, -0.2) is 32.8 Å². The van der Waals surface area contributed by atoms with Gasteiger partial charge in [-0.1, -0.05) is 29.8 Å². The molecule has 1 N–H and O–H groups in total. The monoisotopic (exact) mass is 325 g/mol. The van der Waals surface area contributed by atoms with Crippen LogP contribution in [0.2, 0.25) is 5.02 Å². The third-order valence-electron chi connectivity index (χ3n) is 2.71. The van der Waals surface area contributed by atoms with Crippen molar-refractivity contribution in [2.75, 3.05) is 12.4 Å². The molecule has 2 rings (SSSR count). The Morgan fingerprint density at radius 2 is 2.00 bits per heavy atom. The van der Waals surface area contributed by atoms with Gasteiger partial charge in [0.15, 0.2) is 0 Å². The highest BCUT2D eigenvalue weighted by Gasteiger charge is 2.12. The third-order valence-corrected chi connectivity index (χ3v) is 4.35. The average Bonchev–Trinajstić information content (AvgIpc) is 2.50. The molecule has 0 saturated carbocycles. The Balaban J connectivity index is 1.73. The lowest BCUT2D eigenvalue weighted by molar-refractivity contribution is 0.0394. The maximum absolute atomic E-state index is 11.9. The smallest absolute Gasteiger partial charge is 0.127 e. The summed E-state index contributed by atoms with van der Waals surface area (Å²) < 4.78 is 17.4. The Morgan fingerprint density at radius 1 is 1.24 bits per heavy atom. The molecular weight excluding hydrogens is 310 g/mol. The van der Waals surface area contributed by atoms with E-state index in [0.29, 0.717) is 16.7 Å². The van der Waals surface area contributed by atoms with Crippen molar-refractivity contribution >= 4 is 22.4 Å². The molecule has 0 aliphatic heterocycles.